The summed E-state index contributed by atoms with van der Waals surface area (Å²) in [6.45, 7) is 0.730. The lowest BCUT2D eigenvalue weighted by atomic mass is 10.2. The zero-order valence-corrected chi connectivity index (χ0v) is 12.8. The first kappa shape index (κ1) is 13.1. The Labute approximate surface area is 132 Å². The van der Waals surface area contributed by atoms with Crippen LogP contribution in [0.3, 0.4) is 0 Å². The van der Waals surface area contributed by atoms with Crippen LogP contribution in [0.1, 0.15) is 6.42 Å². The first-order valence-corrected chi connectivity index (χ1v) is 8.12. The van der Waals surface area contributed by atoms with Crippen LogP contribution in [0.15, 0.2) is 60.7 Å². The van der Waals surface area contributed by atoms with E-state index in [0.29, 0.717) is 6.42 Å². The van der Waals surface area contributed by atoms with Crippen LogP contribution in [-0.2, 0) is 6.54 Å². The van der Waals surface area contributed by atoms with E-state index in [2.05, 4.69) is 71.3 Å². The molecule has 0 radical (unpaired) electrons. The number of nitrogens with zero attached hydrogens (tertiary/aromatic N) is 2. The molecule has 0 aliphatic rings. The van der Waals surface area contributed by atoms with Crippen LogP contribution >= 0.6 is 11.3 Å². The smallest absolute Gasteiger partial charge is 0.0640 e. The van der Waals surface area contributed by atoms with E-state index in [-0.39, 0.29) is 0 Å². The lowest BCUT2D eigenvalue weighted by molar-refractivity contribution is 0.752. The molecule has 0 fully saturated rings. The predicted octanol–water partition coefficient (Wildman–Crippen LogP) is 5.44. The molecule has 2 aromatic heterocycles. The Kier molecular flexibility index (Phi) is 3.17. The molecule has 0 atom stereocenters. The molecule has 3 heteroatoms. The van der Waals surface area contributed by atoms with Crippen molar-refractivity contribution in [3.63, 3.8) is 0 Å². The minimum atomic E-state index is 0.524. The highest BCUT2D eigenvalue weighted by Crippen LogP contribution is 2.36. The Morgan fingerprint density at radius 1 is 0.955 bits per heavy atom. The molecule has 0 unspecified atom stereocenters. The molecule has 0 saturated carbocycles. The van der Waals surface area contributed by atoms with Gasteiger partial charge in [0, 0.05) is 22.1 Å². The fourth-order valence-corrected chi connectivity index (χ4v) is 4.01. The van der Waals surface area contributed by atoms with Crippen molar-refractivity contribution >= 4 is 32.3 Å². The maximum absolute atomic E-state index is 8.95. The van der Waals surface area contributed by atoms with E-state index in [1.807, 2.05) is 11.3 Å². The Morgan fingerprint density at radius 2 is 1.73 bits per heavy atom. The minimum absolute atomic E-state index is 0.524. The van der Waals surface area contributed by atoms with Gasteiger partial charge in [0.25, 0.3) is 0 Å². The van der Waals surface area contributed by atoms with E-state index in [1.54, 1.807) is 0 Å². The zero-order valence-electron chi connectivity index (χ0n) is 12.0. The van der Waals surface area contributed by atoms with E-state index < -0.39 is 0 Å². The van der Waals surface area contributed by atoms with Crippen LogP contribution in [0.25, 0.3) is 31.6 Å². The van der Waals surface area contributed by atoms with Crippen LogP contribution in [0, 0.1) is 11.3 Å². The van der Waals surface area contributed by atoms with E-state index >= 15 is 0 Å². The number of nitriles is 1. The van der Waals surface area contributed by atoms with Crippen LogP contribution in [0.4, 0.5) is 0 Å². The van der Waals surface area contributed by atoms with Gasteiger partial charge in [0.1, 0.15) is 0 Å². The van der Waals surface area contributed by atoms with Gasteiger partial charge < -0.3 is 4.57 Å². The average molecular weight is 302 g/mol. The van der Waals surface area contributed by atoms with E-state index in [1.165, 1.54) is 31.6 Å². The summed E-state index contributed by atoms with van der Waals surface area (Å²) in [5.74, 6) is 0. The summed E-state index contributed by atoms with van der Waals surface area (Å²) >= 11 is 1.81. The molecule has 0 saturated heterocycles. The molecule has 0 aliphatic heterocycles. The van der Waals surface area contributed by atoms with Crippen molar-refractivity contribution in [2.24, 2.45) is 0 Å². The predicted molar refractivity (Wildman–Crippen MR) is 93.0 cm³/mol. The monoisotopic (exact) mass is 302 g/mol. The van der Waals surface area contributed by atoms with E-state index in [9.17, 15) is 0 Å². The highest BCUT2D eigenvalue weighted by atomic mass is 32.1. The number of benzene rings is 2. The quantitative estimate of drug-likeness (QED) is 0.495. The molecule has 0 spiro atoms. The number of aryl methyl sites for hydroxylation is 1. The first-order valence-electron chi connectivity index (χ1n) is 7.31. The van der Waals surface area contributed by atoms with Crippen molar-refractivity contribution in [2.45, 2.75) is 13.0 Å². The summed E-state index contributed by atoms with van der Waals surface area (Å²) in [5, 5.41) is 11.5. The molecular weight excluding hydrogens is 288 g/mol. The summed E-state index contributed by atoms with van der Waals surface area (Å²) in [6.07, 6.45) is 0.524. The Hall–Kier alpha value is -2.57. The molecule has 22 heavy (non-hydrogen) atoms. The largest absolute Gasteiger partial charge is 0.339 e. The molecule has 0 amide bonds. The van der Waals surface area contributed by atoms with Gasteiger partial charge in [-0.3, -0.25) is 0 Å². The Morgan fingerprint density at radius 3 is 2.55 bits per heavy atom. The standard InChI is InChI=1S/C19H14N2S/c20-10-5-11-21-16-8-3-1-6-14(16)12-17(21)19-13-15-7-2-4-9-18(15)22-19/h1-4,6-9,12-13H,5,11H2. The highest BCUT2D eigenvalue weighted by Gasteiger charge is 2.12. The summed E-state index contributed by atoms with van der Waals surface area (Å²) in [5.41, 5.74) is 2.41. The number of aromatic nitrogens is 1. The molecule has 2 aromatic carbocycles. The third-order valence-electron chi connectivity index (χ3n) is 3.94. The van der Waals surface area contributed by atoms with Crippen molar-refractivity contribution in [3.05, 3.63) is 60.7 Å². The fourth-order valence-electron chi connectivity index (χ4n) is 2.93. The maximum atomic E-state index is 8.95. The molecule has 106 valence electrons. The normalized spacial score (nSPS) is 11.0. The number of para-hydroxylation sites is 1. The van der Waals surface area contributed by atoms with Crippen molar-refractivity contribution in [1.82, 2.24) is 4.57 Å². The van der Waals surface area contributed by atoms with Crippen molar-refractivity contribution in [3.8, 4) is 16.6 Å². The topological polar surface area (TPSA) is 28.7 Å². The third kappa shape index (κ3) is 2.09. The number of fused-ring (bicyclic) bond motifs is 2. The molecule has 0 bridgehead atoms. The number of hydrogen-bond donors (Lipinski definition) is 0. The van der Waals surface area contributed by atoms with Gasteiger partial charge in [0.05, 0.1) is 23.1 Å². The summed E-state index contributed by atoms with van der Waals surface area (Å²) in [6, 6.07) is 23.6. The van der Waals surface area contributed by atoms with Crippen LogP contribution < -0.4 is 0 Å². The summed E-state index contributed by atoms with van der Waals surface area (Å²) in [7, 11) is 0. The molecule has 2 nitrogen and oxygen atoms in total. The second-order valence-corrected chi connectivity index (χ2v) is 6.38. The van der Waals surface area contributed by atoms with E-state index in [4.69, 9.17) is 5.26 Å². The van der Waals surface area contributed by atoms with Crippen LogP contribution in [0.2, 0.25) is 0 Å². The van der Waals surface area contributed by atoms with Crippen LogP contribution in [-0.4, -0.2) is 4.57 Å². The molecule has 0 N–H and O–H groups in total. The van der Waals surface area contributed by atoms with Crippen LogP contribution in [0.5, 0.6) is 0 Å². The summed E-state index contributed by atoms with van der Waals surface area (Å²) < 4.78 is 3.57. The maximum Gasteiger partial charge on any atom is 0.0640 e. The van der Waals surface area contributed by atoms with Crippen molar-refractivity contribution in [2.75, 3.05) is 0 Å². The Balaban J connectivity index is 1.94. The average Bonchev–Trinajstić information content (AvgIpc) is 3.14. The number of thiophene rings is 1. The molecule has 4 aromatic rings. The van der Waals surface area contributed by atoms with Gasteiger partial charge in [0.2, 0.25) is 0 Å². The number of rotatable bonds is 3. The third-order valence-corrected chi connectivity index (χ3v) is 5.07. The lowest BCUT2D eigenvalue weighted by Gasteiger charge is -2.07. The van der Waals surface area contributed by atoms with Gasteiger partial charge in [-0.25, -0.2) is 0 Å². The Bertz CT molecular complexity index is 968. The van der Waals surface area contributed by atoms with E-state index in [0.717, 1.165) is 6.54 Å². The van der Waals surface area contributed by atoms with Gasteiger partial charge in [-0.15, -0.1) is 11.3 Å². The second kappa shape index (κ2) is 5.32. The first-order chi connectivity index (χ1) is 10.9. The molecule has 4 rings (SSSR count). The molecule has 0 aliphatic carbocycles. The minimum Gasteiger partial charge on any atom is -0.339 e. The zero-order chi connectivity index (χ0) is 14.9. The SMILES string of the molecule is N#CCCn1c(-c2cc3ccccc3s2)cc2ccccc21. The van der Waals surface area contributed by atoms with Gasteiger partial charge in [-0.1, -0.05) is 36.4 Å². The fraction of sp³-hybridized carbons (Fsp3) is 0.105. The summed E-state index contributed by atoms with van der Waals surface area (Å²) in [4.78, 5) is 1.26. The molecule has 2 heterocycles. The lowest BCUT2D eigenvalue weighted by Crippen LogP contribution is -1.98. The van der Waals surface area contributed by atoms with Gasteiger partial charge >= 0.3 is 0 Å². The van der Waals surface area contributed by atoms with Crippen molar-refractivity contribution < 1.29 is 0 Å². The molecular formula is C19H14N2S. The number of hydrogen-bond acceptors (Lipinski definition) is 2. The second-order valence-electron chi connectivity index (χ2n) is 5.30. The van der Waals surface area contributed by atoms with Gasteiger partial charge in [0.15, 0.2) is 0 Å². The van der Waals surface area contributed by atoms with Crippen molar-refractivity contribution in [1.29, 1.82) is 5.26 Å². The van der Waals surface area contributed by atoms with Gasteiger partial charge in [-0.05, 0) is 29.7 Å². The highest BCUT2D eigenvalue weighted by molar-refractivity contribution is 7.22. The van der Waals surface area contributed by atoms with Gasteiger partial charge in [-0.2, -0.15) is 5.26 Å².